The van der Waals surface area contributed by atoms with E-state index in [9.17, 15) is 0 Å². The molecule has 0 aliphatic carbocycles. The third-order valence-corrected chi connectivity index (χ3v) is 4.89. The summed E-state index contributed by atoms with van der Waals surface area (Å²) < 4.78 is 5.48. The second-order valence-electron chi connectivity index (χ2n) is 6.82. The fourth-order valence-electron chi connectivity index (χ4n) is 3.33. The quantitative estimate of drug-likeness (QED) is 0.406. The van der Waals surface area contributed by atoms with Crippen molar-refractivity contribution in [3.63, 3.8) is 0 Å². The molecule has 126 valence electrons. The van der Waals surface area contributed by atoms with E-state index in [4.69, 9.17) is 9.84 Å². The highest BCUT2D eigenvalue weighted by atomic mass is 16.5. The molecule has 0 bridgehead atoms. The molecule has 2 nitrogen and oxygen atoms in total. The molecule has 2 heteroatoms. The zero-order chi connectivity index (χ0) is 15.2. The van der Waals surface area contributed by atoms with Crippen molar-refractivity contribution in [3.05, 3.63) is 0 Å². The van der Waals surface area contributed by atoms with E-state index in [1.54, 1.807) is 0 Å². The third-order valence-electron chi connectivity index (χ3n) is 4.89. The Kier molecular flexibility index (Phi) is 12.3. The number of rotatable bonds is 15. The van der Waals surface area contributed by atoms with Crippen LogP contribution in [0.3, 0.4) is 0 Å². The van der Waals surface area contributed by atoms with Crippen molar-refractivity contribution >= 4 is 0 Å². The fourth-order valence-corrected chi connectivity index (χ4v) is 3.33. The fraction of sp³-hybridized carbons (Fsp3) is 1.00. The van der Waals surface area contributed by atoms with Gasteiger partial charge in [-0.3, -0.25) is 0 Å². The van der Waals surface area contributed by atoms with E-state index >= 15 is 0 Å². The van der Waals surface area contributed by atoms with Gasteiger partial charge in [-0.25, -0.2) is 0 Å². The first-order valence-corrected chi connectivity index (χ1v) is 9.61. The van der Waals surface area contributed by atoms with E-state index in [0.29, 0.717) is 6.10 Å². The summed E-state index contributed by atoms with van der Waals surface area (Å²) in [5, 5.41) is 8.91. The second kappa shape index (κ2) is 13.6. The van der Waals surface area contributed by atoms with Crippen LogP contribution < -0.4 is 0 Å². The molecule has 0 amide bonds. The largest absolute Gasteiger partial charge is 0.396 e. The summed E-state index contributed by atoms with van der Waals surface area (Å²) in [7, 11) is 0. The van der Waals surface area contributed by atoms with E-state index in [1.807, 2.05) is 0 Å². The number of hydrogen-bond acceptors (Lipinski definition) is 2. The van der Waals surface area contributed by atoms with E-state index in [0.717, 1.165) is 18.9 Å². The molecule has 2 unspecified atom stereocenters. The first-order chi connectivity index (χ1) is 10.4. The van der Waals surface area contributed by atoms with Crippen LogP contribution in [0.2, 0.25) is 0 Å². The molecule has 0 spiro atoms. The second-order valence-corrected chi connectivity index (χ2v) is 6.82. The number of unbranched alkanes of at least 4 members (excludes halogenated alkanes) is 11. The maximum atomic E-state index is 8.91. The molecule has 1 fully saturated rings. The summed E-state index contributed by atoms with van der Waals surface area (Å²) in [6.07, 6.45) is 19.5. The Hall–Kier alpha value is -0.0800. The monoisotopic (exact) mass is 298 g/mol. The highest BCUT2D eigenvalue weighted by Crippen LogP contribution is 2.28. The van der Waals surface area contributed by atoms with Gasteiger partial charge in [-0.15, -0.1) is 0 Å². The number of aliphatic hydroxyl groups is 1. The zero-order valence-electron chi connectivity index (χ0n) is 14.3. The first-order valence-electron chi connectivity index (χ1n) is 9.61. The Morgan fingerprint density at radius 2 is 1.29 bits per heavy atom. The van der Waals surface area contributed by atoms with Crippen molar-refractivity contribution in [2.75, 3.05) is 13.2 Å². The molecule has 2 atom stereocenters. The minimum absolute atomic E-state index is 0.277. The molecule has 0 saturated carbocycles. The van der Waals surface area contributed by atoms with Crippen molar-refractivity contribution in [1.29, 1.82) is 0 Å². The molecule has 1 aliphatic heterocycles. The van der Waals surface area contributed by atoms with Crippen LogP contribution in [0.5, 0.6) is 0 Å². The van der Waals surface area contributed by atoms with Gasteiger partial charge in [0.15, 0.2) is 0 Å². The highest BCUT2D eigenvalue weighted by Gasteiger charge is 2.30. The van der Waals surface area contributed by atoms with Crippen LogP contribution in [-0.4, -0.2) is 24.4 Å². The lowest BCUT2D eigenvalue weighted by Crippen LogP contribution is -2.40. The van der Waals surface area contributed by atoms with Crippen LogP contribution in [0, 0.1) is 5.92 Å². The predicted molar refractivity (Wildman–Crippen MR) is 90.6 cm³/mol. The summed E-state index contributed by atoms with van der Waals surface area (Å²) in [4.78, 5) is 0. The van der Waals surface area contributed by atoms with Gasteiger partial charge < -0.3 is 9.84 Å². The van der Waals surface area contributed by atoms with Gasteiger partial charge in [0.25, 0.3) is 0 Å². The molecular weight excluding hydrogens is 260 g/mol. The topological polar surface area (TPSA) is 29.5 Å². The van der Waals surface area contributed by atoms with Gasteiger partial charge in [0.2, 0.25) is 0 Å². The standard InChI is InChI=1S/C19H38O2/c1-2-3-4-5-6-7-8-9-10-11-12-13-14-18-17-21-19(18)15-16-20/h18-20H,2-17H2,1H3. The van der Waals surface area contributed by atoms with Gasteiger partial charge in [0, 0.05) is 12.5 Å². The minimum Gasteiger partial charge on any atom is -0.396 e. The van der Waals surface area contributed by atoms with Crippen LogP contribution in [0.4, 0.5) is 0 Å². The van der Waals surface area contributed by atoms with Crippen molar-refractivity contribution in [2.24, 2.45) is 5.92 Å². The van der Waals surface area contributed by atoms with Gasteiger partial charge >= 0.3 is 0 Å². The van der Waals surface area contributed by atoms with Gasteiger partial charge in [-0.2, -0.15) is 0 Å². The van der Waals surface area contributed by atoms with Gasteiger partial charge in [0.05, 0.1) is 12.7 Å². The lowest BCUT2D eigenvalue weighted by Gasteiger charge is -2.36. The molecule has 1 aliphatic rings. The maximum absolute atomic E-state index is 8.91. The maximum Gasteiger partial charge on any atom is 0.0647 e. The van der Waals surface area contributed by atoms with Crippen LogP contribution in [0.1, 0.15) is 96.8 Å². The summed E-state index contributed by atoms with van der Waals surface area (Å²) in [5.74, 6) is 0.736. The van der Waals surface area contributed by atoms with E-state index < -0.39 is 0 Å². The lowest BCUT2D eigenvalue weighted by molar-refractivity contribution is -0.125. The van der Waals surface area contributed by atoms with Crippen molar-refractivity contribution in [2.45, 2.75) is 103 Å². The van der Waals surface area contributed by atoms with Crippen LogP contribution in [-0.2, 0) is 4.74 Å². The molecular formula is C19H38O2. The molecule has 1 saturated heterocycles. The molecule has 21 heavy (non-hydrogen) atoms. The molecule has 1 heterocycles. The van der Waals surface area contributed by atoms with Crippen LogP contribution in [0.15, 0.2) is 0 Å². The molecule has 0 radical (unpaired) electrons. The molecule has 1 rings (SSSR count). The van der Waals surface area contributed by atoms with Crippen LogP contribution in [0.25, 0.3) is 0 Å². The number of ether oxygens (including phenoxy) is 1. The Balaban J connectivity index is 1.73. The highest BCUT2D eigenvalue weighted by molar-refractivity contribution is 4.78. The van der Waals surface area contributed by atoms with E-state index in [1.165, 1.54) is 83.5 Å². The SMILES string of the molecule is CCCCCCCCCCCCCCC1COC1CCO. The molecule has 0 aromatic heterocycles. The average molecular weight is 299 g/mol. The molecule has 0 aromatic rings. The minimum atomic E-state index is 0.277. The van der Waals surface area contributed by atoms with E-state index in [-0.39, 0.29) is 6.61 Å². The molecule has 1 N–H and O–H groups in total. The van der Waals surface area contributed by atoms with Gasteiger partial charge in [-0.05, 0) is 12.8 Å². The molecule has 0 aromatic carbocycles. The van der Waals surface area contributed by atoms with Crippen molar-refractivity contribution in [1.82, 2.24) is 0 Å². The lowest BCUT2D eigenvalue weighted by atomic mass is 9.90. The van der Waals surface area contributed by atoms with Crippen molar-refractivity contribution < 1.29 is 9.84 Å². The van der Waals surface area contributed by atoms with Crippen LogP contribution >= 0.6 is 0 Å². The van der Waals surface area contributed by atoms with Gasteiger partial charge in [0.1, 0.15) is 0 Å². The Morgan fingerprint density at radius 1 is 0.762 bits per heavy atom. The normalized spacial score (nSPS) is 21.4. The summed E-state index contributed by atoms with van der Waals surface area (Å²) in [5.41, 5.74) is 0. The first kappa shape index (κ1) is 19.0. The zero-order valence-corrected chi connectivity index (χ0v) is 14.3. The number of aliphatic hydroxyl groups excluding tert-OH is 1. The predicted octanol–water partition coefficient (Wildman–Crippen LogP) is 5.48. The Morgan fingerprint density at radius 3 is 1.71 bits per heavy atom. The average Bonchev–Trinajstić information content (AvgIpc) is 2.48. The summed E-state index contributed by atoms with van der Waals surface area (Å²) in [6, 6.07) is 0. The van der Waals surface area contributed by atoms with E-state index in [2.05, 4.69) is 6.92 Å². The third kappa shape index (κ3) is 9.52. The van der Waals surface area contributed by atoms with Crippen molar-refractivity contribution in [3.8, 4) is 0 Å². The number of hydrogen-bond donors (Lipinski definition) is 1. The Labute approximate surface area is 132 Å². The smallest absolute Gasteiger partial charge is 0.0647 e. The Bertz CT molecular complexity index is 218. The summed E-state index contributed by atoms with van der Waals surface area (Å²) >= 11 is 0. The van der Waals surface area contributed by atoms with Gasteiger partial charge in [-0.1, -0.05) is 84.0 Å². The summed E-state index contributed by atoms with van der Waals surface area (Å²) in [6.45, 7) is 3.49.